The van der Waals surface area contributed by atoms with Crippen molar-refractivity contribution >= 4 is 12.0 Å². The Bertz CT molecular complexity index is 448. The van der Waals surface area contributed by atoms with Gasteiger partial charge in [0.1, 0.15) is 6.04 Å². The molecule has 2 atom stereocenters. The molecular formula is C16H24N2O3. The highest BCUT2D eigenvalue weighted by Gasteiger charge is 2.26. The van der Waals surface area contributed by atoms with Crippen molar-refractivity contribution in [2.45, 2.75) is 32.7 Å². The minimum Gasteiger partial charge on any atom is -0.467 e. The first kappa shape index (κ1) is 17.0. The average molecular weight is 292 g/mol. The SMILES string of the molecule is CCC(C)C(NC(=O)NCCc1ccccc1)C(=O)OC. The van der Waals surface area contributed by atoms with Crippen LogP contribution in [0.25, 0.3) is 0 Å². The average Bonchev–Trinajstić information content (AvgIpc) is 2.52. The maximum atomic E-state index is 11.9. The molecule has 1 aromatic rings. The van der Waals surface area contributed by atoms with Crippen LogP contribution in [0.1, 0.15) is 25.8 Å². The zero-order valence-corrected chi connectivity index (χ0v) is 12.9. The van der Waals surface area contributed by atoms with Crippen molar-refractivity contribution in [1.82, 2.24) is 10.6 Å². The molecule has 0 aliphatic rings. The monoisotopic (exact) mass is 292 g/mol. The molecule has 21 heavy (non-hydrogen) atoms. The fourth-order valence-corrected chi connectivity index (χ4v) is 1.95. The van der Waals surface area contributed by atoms with Crippen molar-refractivity contribution in [3.8, 4) is 0 Å². The first-order valence-corrected chi connectivity index (χ1v) is 7.24. The number of amides is 2. The number of hydrogen-bond acceptors (Lipinski definition) is 3. The molecule has 5 heteroatoms. The third-order valence-electron chi connectivity index (χ3n) is 3.50. The molecule has 1 rings (SSSR count). The second-order valence-corrected chi connectivity index (χ2v) is 5.02. The topological polar surface area (TPSA) is 67.4 Å². The fraction of sp³-hybridized carbons (Fsp3) is 0.500. The molecular weight excluding hydrogens is 268 g/mol. The summed E-state index contributed by atoms with van der Waals surface area (Å²) in [5.74, 6) is -0.389. The van der Waals surface area contributed by atoms with Crippen LogP contribution in [0.5, 0.6) is 0 Å². The molecule has 0 bridgehead atoms. The lowest BCUT2D eigenvalue weighted by atomic mass is 9.99. The fourth-order valence-electron chi connectivity index (χ4n) is 1.95. The maximum Gasteiger partial charge on any atom is 0.328 e. The number of nitrogens with one attached hydrogen (secondary N) is 2. The van der Waals surface area contributed by atoms with Crippen molar-refractivity contribution < 1.29 is 14.3 Å². The Labute approximate surface area is 126 Å². The molecule has 2 amide bonds. The summed E-state index contributed by atoms with van der Waals surface area (Å²) in [6.45, 7) is 4.39. The van der Waals surface area contributed by atoms with Crippen LogP contribution in [-0.2, 0) is 16.0 Å². The third-order valence-corrected chi connectivity index (χ3v) is 3.50. The first-order chi connectivity index (χ1) is 10.1. The van der Waals surface area contributed by atoms with Crippen LogP contribution in [0, 0.1) is 5.92 Å². The minimum atomic E-state index is -0.614. The molecule has 0 spiro atoms. The normalized spacial score (nSPS) is 13.1. The van der Waals surface area contributed by atoms with E-state index in [9.17, 15) is 9.59 Å². The number of esters is 1. The summed E-state index contributed by atoms with van der Waals surface area (Å²) < 4.78 is 4.73. The standard InChI is InChI=1S/C16H24N2O3/c1-4-12(2)14(15(19)21-3)18-16(20)17-11-10-13-8-6-5-7-9-13/h5-9,12,14H,4,10-11H2,1-3H3,(H2,17,18,20). The van der Waals surface area contributed by atoms with Gasteiger partial charge in [0.15, 0.2) is 0 Å². The Morgan fingerprint density at radius 1 is 1.24 bits per heavy atom. The largest absolute Gasteiger partial charge is 0.467 e. The van der Waals surface area contributed by atoms with Gasteiger partial charge in [0.25, 0.3) is 0 Å². The highest BCUT2D eigenvalue weighted by molar-refractivity contribution is 5.83. The smallest absolute Gasteiger partial charge is 0.328 e. The lowest BCUT2D eigenvalue weighted by Crippen LogP contribution is -2.49. The molecule has 116 valence electrons. The Balaban J connectivity index is 2.41. The van der Waals surface area contributed by atoms with E-state index in [1.54, 1.807) is 0 Å². The molecule has 5 nitrogen and oxygen atoms in total. The number of hydrogen-bond donors (Lipinski definition) is 2. The molecule has 0 aliphatic heterocycles. The van der Waals surface area contributed by atoms with Crippen molar-refractivity contribution in [2.75, 3.05) is 13.7 Å². The van der Waals surface area contributed by atoms with E-state index in [0.29, 0.717) is 6.54 Å². The van der Waals surface area contributed by atoms with Crippen LogP contribution in [0.15, 0.2) is 30.3 Å². The lowest BCUT2D eigenvalue weighted by Gasteiger charge is -2.22. The summed E-state index contributed by atoms with van der Waals surface area (Å²) in [5, 5.41) is 5.44. The second-order valence-electron chi connectivity index (χ2n) is 5.02. The van der Waals surface area contributed by atoms with E-state index >= 15 is 0 Å². The van der Waals surface area contributed by atoms with E-state index in [0.717, 1.165) is 18.4 Å². The first-order valence-electron chi connectivity index (χ1n) is 7.24. The Hall–Kier alpha value is -2.04. The van der Waals surface area contributed by atoms with Gasteiger partial charge in [0.2, 0.25) is 0 Å². The molecule has 2 unspecified atom stereocenters. The molecule has 0 fully saturated rings. The lowest BCUT2D eigenvalue weighted by molar-refractivity contribution is -0.144. The molecule has 0 saturated carbocycles. The number of carbonyl (C=O) groups is 2. The van der Waals surface area contributed by atoms with Crippen molar-refractivity contribution in [1.29, 1.82) is 0 Å². The van der Waals surface area contributed by atoms with Gasteiger partial charge < -0.3 is 15.4 Å². The summed E-state index contributed by atoms with van der Waals surface area (Å²) in [7, 11) is 1.33. The summed E-state index contributed by atoms with van der Waals surface area (Å²) in [6, 6.07) is 8.94. The molecule has 1 aromatic carbocycles. The third kappa shape index (κ3) is 5.85. The van der Waals surface area contributed by atoms with Gasteiger partial charge in [-0.05, 0) is 17.9 Å². The number of methoxy groups -OCH3 is 1. The van der Waals surface area contributed by atoms with Gasteiger partial charge in [-0.25, -0.2) is 9.59 Å². The number of ether oxygens (including phenoxy) is 1. The van der Waals surface area contributed by atoms with Gasteiger partial charge in [0.05, 0.1) is 7.11 Å². The van der Waals surface area contributed by atoms with E-state index in [2.05, 4.69) is 10.6 Å². The van der Waals surface area contributed by atoms with Crippen LogP contribution in [0.3, 0.4) is 0 Å². The zero-order chi connectivity index (χ0) is 15.7. The van der Waals surface area contributed by atoms with Crippen LogP contribution in [-0.4, -0.2) is 31.7 Å². The number of urea groups is 1. The Morgan fingerprint density at radius 3 is 2.48 bits per heavy atom. The van der Waals surface area contributed by atoms with E-state index < -0.39 is 12.0 Å². The van der Waals surface area contributed by atoms with Crippen LogP contribution in [0.4, 0.5) is 4.79 Å². The minimum absolute atomic E-state index is 0.0253. The van der Waals surface area contributed by atoms with Crippen LogP contribution in [0.2, 0.25) is 0 Å². The summed E-state index contributed by atoms with van der Waals surface area (Å²) in [6.07, 6.45) is 1.53. The van der Waals surface area contributed by atoms with Crippen LogP contribution < -0.4 is 10.6 Å². The molecule has 0 saturated heterocycles. The maximum absolute atomic E-state index is 11.9. The quantitative estimate of drug-likeness (QED) is 0.756. The number of rotatable bonds is 7. The van der Waals surface area contributed by atoms with Gasteiger partial charge in [-0.3, -0.25) is 0 Å². The molecule has 2 N–H and O–H groups in total. The van der Waals surface area contributed by atoms with Crippen LogP contribution >= 0.6 is 0 Å². The molecule has 0 heterocycles. The van der Waals surface area contributed by atoms with E-state index in [-0.39, 0.29) is 11.9 Å². The van der Waals surface area contributed by atoms with Gasteiger partial charge in [-0.1, -0.05) is 50.6 Å². The van der Waals surface area contributed by atoms with Gasteiger partial charge in [-0.2, -0.15) is 0 Å². The van der Waals surface area contributed by atoms with Crippen molar-refractivity contribution in [2.24, 2.45) is 5.92 Å². The van der Waals surface area contributed by atoms with E-state index in [1.807, 2.05) is 44.2 Å². The molecule has 0 radical (unpaired) electrons. The Morgan fingerprint density at radius 2 is 1.90 bits per heavy atom. The van der Waals surface area contributed by atoms with E-state index in [1.165, 1.54) is 7.11 Å². The molecule has 0 aliphatic carbocycles. The predicted molar refractivity (Wildman–Crippen MR) is 81.9 cm³/mol. The highest BCUT2D eigenvalue weighted by Crippen LogP contribution is 2.09. The van der Waals surface area contributed by atoms with Crippen molar-refractivity contribution in [3.63, 3.8) is 0 Å². The van der Waals surface area contributed by atoms with Gasteiger partial charge in [0, 0.05) is 6.54 Å². The zero-order valence-electron chi connectivity index (χ0n) is 12.9. The van der Waals surface area contributed by atoms with Crippen molar-refractivity contribution in [3.05, 3.63) is 35.9 Å². The van der Waals surface area contributed by atoms with Gasteiger partial charge in [-0.15, -0.1) is 0 Å². The summed E-state index contributed by atoms with van der Waals surface area (Å²) >= 11 is 0. The number of carbonyl (C=O) groups excluding carboxylic acids is 2. The summed E-state index contributed by atoms with van der Waals surface area (Å²) in [5.41, 5.74) is 1.16. The predicted octanol–water partition coefficient (Wildman–Crippen LogP) is 2.12. The second kappa shape index (κ2) is 9.00. The molecule has 0 aromatic heterocycles. The Kier molecular flexibility index (Phi) is 7.29. The van der Waals surface area contributed by atoms with E-state index in [4.69, 9.17) is 4.74 Å². The summed E-state index contributed by atoms with van der Waals surface area (Å²) in [4.78, 5) is 23.5. The number of benzene rings is 1. The highest BCUT2D eigenvalue weighted by atomic mass is 16.5. The van der Waals surface area contributed by atoms with Gasteiger partial charge >= 0.3 is 12.0 Å².